The number of hydrogen-bond acceptors (Lipinski definition) is 5. The Kier molecular flexibility index (Phi) is 3.21. The highest BCUT2D eigenvalue weighted by molar-refractivity contribution is 5.54. The standard InChI is InChI=1S/C11H12N4O2/c1-7(16-2)3-10-14-11(17-15-10)8-4-9(5-12)13-6-8/h4,6-7,13H,3H2,1-2H3. The fourth-order valence-electron chi connectivity index (χ4n) is 1.38. The molecule has 1 unspecified atom stereocenters. The van der Waals surface area contributed by atoms with Gasteiger partial charge in [0.05, 0.1) is 11.7 Å². The third-order valence-corrected chi connectivity index (χ3v) is 2.39. The minimum atomic E-state index is 0.0429. The number of aromatic nitrogens is 3. The van der Waals surface area contributed by atoms with Gasteiger partial charge < -0.3 is 14.2 Å². The molecule has 0 aliphatic heterocycles. The molecule has 0 fully saturated rings. The van der Waals surface area contributed by atoms with E-state index in [2.05, 4.69) is 15.1 Å². The van der Waals surface area contributed by atoms with Gasteiger partial charge in [0.2, 0.25) is 0 Å². The van der Waals surface area contributed by atoms with Crippen molar-refractivity contribution in [1.82, 2.24) is 15.1 Å². The Balaban J connectivity index is 2.15. The zero-order valence-electron chi connectivity index (χ0n) is 9.60. The van der Waals surface area contributed by atoms with E-state index in [1.54, 1.807) is 19.4 Å². The molecule has 0 radical (unpaired) electrons. The molecule has 0 aliphatic rings. The monoisotopic (exact) mass is 232 g/mol. The number of hydrogen-bond donors (Lipinski definition) is 1. The maximum Gasteiger partial charge on any atom is 0.259 e. The molecular formula is C11H12N4O2. The fraction of sp³-hybridized carbons (Fsp3) is 0.364. The Hall–Kier alpha value is -2.13. The molecular weight excluding hydrogens is 220 g/mol. The lowest BCUT2D eigenvalue weighted by Crippen LogP contribution is -2.09. The van der Waals surface area contributed by atoms with E-state index in [9.17, 15) is 0 Å². The van der Waals surface area contributed by atoms with Crippen LogP contribution in [0.1, 0.15) is 18.4 Å². The summed E-state index contributed by atoms with van der Waals surface area (Å²) in [6.45, 7) is 1.93. The van der Waals surface area contributed by atoms with E-state index in [0.717, 1.165) is 0 Å². The molecule has 2 aromatic rings. The summed E-state index contributed by atoms with van der Waals surface area (Å²) >= 11 is 0. The summed E-state index contributed by atoms with van der Waals surface area (Å²) in [7, 11) is 1.64. The van der Waals surface area contributed by atoms with Gasteiger partial charge in [0.15, 0.2) is 5.82 Å². The Labute approximate surface area is 98.2 Å². The molecule has 2 heterocycles. The number of aromatic amines is 1. The van der Waals surface area contributed by atoms with Crippen molar-refractivity contribution in [3.8, 4) is 17.5 Å². The summed E-state index contributed by atoms with van der Waals surface area (Å²) < 4.78 is 10.2. The predicted molar refractivity (Wildman–Crippen MR) is 59.0 cm³/mol. The van der Waals surface area contributed by atoms with Gasteiger partial charge >= 0.3 is 0 Å². The smallest absolute Gasteiger partial charge is 0.259 e. The molecule has 6 nitrogen and oxygen atoms in total. The molecule has 0 aromatic carbocycles. The molecule has 0 aliphatic carbocycles. The summed E-state index contributed by atoms with van der Waals surface area (Å²) in [5.74, 6) is 0.995. The van der Waals surface area contributed by atoms with Crippen LogP contribution in [0.2, 0.25) is 0 Å². The van der Waals surface area contributed by atoms with Crippen LogP contribution in [-0.4, -0.2) is 28.3 Å². The molecule has 0 saturated heterocycles. The second-order valence-corrected chi connectivity index (χ2v) is 3.68. The highest BCUT2D eigenvalue weighted by Gasteiger charge is 2.12. The van der Waals surface area contributed by atoms with Gasteiger partial charge in [0.1, 0.15) is 11.8 Å². The summed E-state index contributed by atoms with van der Waals surface area (Å²) in [4.78, 5) is 7.03. The number of methoxy groups -OCH3 is 1. The summed E-state index contributed by atoms with van der Waals surface area (Å²) in [5, 5.41) is 12.5. The van der Waals surface area contributed by atoms with E-state index in [-0.39, 0.29) is 6.10 Å². The molecule has 0 bridgehead atoms. The molecule has 0 saturated carbocycles. The second kappa shape index (κ2) is 4.80. The summed E-state index contributed by atoms with van der Waals surface area (Å²) in [6, 6.07) is 3.66. The lowest BCUT2D eigenvalue weighted by molar-refractivity contribution is 0.116. The van der Waals surface area contributed by atoms with Crippen molar-refractivity contribution in [2.24, 2.45) is 0 Å². The predicted octanol–water partition coefficient (Wildman–Crippen LogP) is 1.51. The van der Waals surface area contributed by atoms with Crippen molar-refractivity contribution >= 4 is 0 Å². The number of rotatable bonds is 4. The molecule has 2 aromatic heterocycles. The molecule has 1 N–H and O–H groups in total. The van der Waals surface area contributed by atoms with Gasteiger partial charge in [-0.05, 0) is 13.0 Å². The van der Waals surface area contributed by atoms with E-state index in [4.69, 9.17) is 14.5 Å². The first kappa shape index (κ1) is 11.4. The normalized spacial score (nSPS) is 12.3. The van der Waals surface area contributed by atoms with Crippen molar-refractivity contribution in [3.05, 3.63) is 23.8 Å². The maximum absolute atomic E-state index is 8.69. The first-order valence-corrected chi connectivity index (χ1v) is 5.17. The maximum atomic E-state index is 8.69. The van der Waals surface area contributed by atoms with Crippen LogP contribution in [0.15, 0.2) is 16.8 Å². The molecule has 0 spiro atoms. The SMILES string of the molecule is COC(C)Cc1noc(-c2c[nH]c(C#N)c2)n1. The number of nitrogens with one attached hydrogen (secondary N) is 1. The average Bonchev–Trinajstić information content (AvgIpc) is 2.96. The van der Waals surface area contributed by atoms with Gasteiger partial charge in [0, 0.05) is 19.7 Å². The third-order valence-electron chi connectivity index (χ3n) is 2.39. The number of ether oxygens (including phenoxy) is 1. The minimum Gasteiger partial charge on any atom is -0.381 e. The highest BCUT2D eigenvalue weighted by atomic mass is 16.5. The van der Waals surface area contributed by atoms with Crippen LogP contribution in [-0.2, 0) is 11.2 Å². The highest BCUT2D eigenvalue weighted by Crippen LogP contribution is 2.18. The van der Waals surface area contributed by atoms with Crippen LogP contribution in [0.3, 0.4) is 0 Å². The Morgan fingerprint density at radius 2 is 2.47 bits per heavy atom. The van der Waals surface area contributed by atoms with E-state index in [1.807, 2.05) is 13.0 Å². The lowest BCUT2D eigenvalue weighted by Gasteiger charge is -2.03. The Morgan fingerprint density at radius 1 is 1.65 bits per heavy atom. The summed E-state index contributed by atoms with van der Waals surface area (Å²) in [6.07, 6.45) is 2.30. The molecule has 17 heavy (non-hydrogen) atoms. The molecule has 88 valence electrons. The van der Waals surface area contributed by atoms with Crippen LogP contribution in [0.5, 0.6) is 0 Å². The largest absolute Gasteiger partial charge is 0.381 e. The van der Waals surface area contributed by atoms with E-state index < -0.39 is 0 Å². The average molecular weight is 232 g/mol. The van der Waals surface area contributed by atoms with Gasteiger partial charge in [-0.1, -0.05) is 5.16 Å². The van der Waals surface area contributed by atoms with Crippen molar-refractivity contribution in [2.75, 3.05) is 7.11 Å². The van der Waals surface area contributed by atoms with Gasteiger partial charge in [-0.3, -0.25) is 0 Å². The van der Waals surface area contributed by atoms with Crippen molar-refractivity contribution in [1.29, 1.82) is 5.26 Å². The zero-order valence-corrected chi connectivity index (χ0v) is 9.60. The molecule has 2 rings (SSSR count). The first-order valence-electron chi connectivity index (χ1n) is 5.17. The fourth-order valence-corrected chi connectivity index (χ4v) is 1.38. The zero-order chi connectivity index (χ0) is 12.3. The van der Waals surface area contributed by atoms with Gasteiger partial charge in [0.25, 0.3) is 5.89 Å². The number of H-pyrrole nitrogens is 1. The molecule has 0 amide bonds. The van der Waals surface area contributed by atoms with Gasteiger partial charge in [-0.25, -0.2) is 0 Å². The van der Waals surface area contributed by atoms with Crippen molar-refractivity contribution in [3.63, 3.8) is 0 Å². The van der Waals surface area contributed by atoms with Crippen molar-refractivity contribution in [2.45, 2.75) is 19.4 Å². The molecule has 1 atom stereocenters. The van der Waals surface area contributed by atoms with Gasteiger partial charge in [-0.2, -0.15) is 10.2 Å². The second-order valence-electron chi connectivity index (χ2n) is 3.68. The van der Waals surface area contributed by atoms with E-state index >= 15 is 0 Å². The number of nitriles is 1. The van der Waals surface area contributed by atoms with Crippen LogP contribution >= 0.6 is 0 Å². The van der Waals surface area contributed by atoms with Gasteiger partial charge in [-0.15, -0.1) is 0 Å². The topological polar surface area (TPSA) is 87.7 Å². The lowest BCUT2D eigenvalue weighted by atomic mass is 10.2. The minimum absolute atomic E-state index is 0.0429. The quantitative estimate of drug-likeness (QED) is 0.863. The number of nitrogens with zero attached hydrogens (tertiary/aromatic N) is 3. The van der Waals surface area contributed by atoms with E-state index in [0.29, 0.717) is 29.4 Å². The van der Waals surface area contributed by atoms with Crippen LogP contribution in [0.25, 0.3) is 11.5 Å². The Bertz CT molecular complexity index is 538. The van der Waals surface area contributed by atoms with E-state index in [1.165, 1.54) is 0 Å². The van der Waals surface area contributed by atoms with Crippen LogP contribution < -0.4 is 0 Å². The molecule has 6 heteroatoms. The summed E-state index contributed by atoms with van der Waals surface area (Å²) in [5.41, 5.74) is 1.18. The van der Waals surface area contributed by atoms with Crippen molar-refractivity contribution < 1.29 is 9.26 Å². The Morgan fingerprint density at radius 3 is 3.12 bits per heavy atom. The third kappa shape index (κ3) is 2.52. The van der Waals surface area contributed by atoms with Crippen LogP contribution in [0.4, 0.5) is 0 Å². The van der Waals surface area contributed by atoms with Crippen LogP contribution in [0, 0.1) is 11.3 Å². The first-order chi connectivity index (χ1) is 8.22.